The van der Waals surface area contributed by atoms with Gasteiger partial charge in [-0.25, -0.2) is 0 Å². The Bertz CT molecular complexity index is 565. The first-order valence-electron chi connectivity index (χ1n) is 6.27. The normalized spacial score (nSPS) is 17.7. The van der Waals surface area contributed by atoms with Crippen LogP contribution in [0.4, 0.5) is 0 Å². The Morgan fingerprint density at radius 1 is 1.17 bits per heavy atom. The van der Waals surface area contributed by atoms with Gasteiger partial charge in [0.25, 0.3) is 0 Å². The predicted octanol–water partition coefficient (Wildman–Crippen LogP) is 3.66. The number of hydrogen-bond donors (Lipinski definition) is 0. The van der Waals surface area contributed by atoms with E-state index >= 15 is 0 Å². The Morgan fingerprint density at radius 3 is 2.61 bits per heavy atom. The molecule has 1 aromatic rings. The largest absolute Gasteiger partial charge is 0.295 e. The van der Waals surface area contributed by atoms with E-state index in [-0.39, 0.29) is 11.2 Å². The fourth-order valence-corrected chi connectivity index (χ4v) is 2.30. The van der Waals surface area contributed by atoms with Gasteiger partial charge < -0.3 is 0 Å². The SMILES string of the molecule is Cc1cccc(C#CC2=CC(=O)CC(C)(C)C2)c1. The lowest BCUT2D eigenvalue weighted by Crippen LogP contribution is -2.21. The van der Waals surface area contributed by atoms with Crippen molar-refractivity contribution in [2.24, 2.45) is 5.41 Å². The van der Waals surface area contributed by atoms with Crippen LogP contribution in [-0.4, -0.2) is 5.78 Å². The lowest BCUT2D eigenvalue weighted by Gasteiger charge is -2.26. The minimum atomic E-state index is 0.0441. The van der Waals surface area contributed by atoms with Gasteiger partial charge in [-0.2, -0.15) is 0 Å². The van der Waals surface area contributed by atoms with Gasteiger partial charge in [0, 0.05) is 17.6 Å². The highest BCUT2D eigenvalue weighted by molar-refractivity contribution is 5.92. The van der Waals surface area contributed by atoms with Gasteiger partial charge in [-0.1, -0.05) is 37.8 Å². The molecule has 0 aliphatic heterocycles. The fraction of sp³-hybridized carbons (Fsp3) is 0.353. The zero-order valence-electron chi connectivity index (χ0n) is 11.2. The molecule has 0 spiro atoms. The summed E-state index contributed by atoms with van der Waals surface area (Å²) in [5.41, 5.74) is 3.21. The maximum absolute atomic E-state index is 11.6. The number of aryl methyl sites for hydroxylation is 1. The lowest BCUT2D eigenvalue weighted by molar-refractivity contribution is -0.116. The van der Waals surface area contributed by atoms with Crippen molar-refractivity contribution in [3.8, 4) is 11.8 Å². The van der Waals surface area contributed by atoms with Crippen LogP contribution >= 0.6 is 0 Å². The molecule has 0 radical (unpaired) electrons. The van der Waals surface area contributed by atoms with Crippen molar-refractivity contribution < 1.29 is 4.79 Å². The number of carbonyl (C=O) groups is 1. The summed E-state index contributed by atoms with van der Waals surface area (Å²) >= 11 is 0. The van der Waals surface area contributed by atoms with E-state index in [0.717, 1.165) is 17.6 Å². The summed E-state index contributed by atoms with van der Waals surface area (Å²) < 4.78 is 0. The van der Waals surface area contributed by atoms with Gasteiger partial charge in [-0.05, 0) is 42.5 Å². The van der Waals surface area contributed by atoms with E-state index < -0.39 is 0 Å². The summed E-state index contributed by atoms with van der Waals surface area (Å²) in [6.07, 6.45) is 3.22. The number of hydrogen-bond acceptors (Lipinski definition) is 1. The second-order valence-corrected chi connectivity index (χ2v) is 5.77. The zero-order valence-corrected chi connectivity index (χ0v) is 11.2. The molecule has 0 aromatic heterocycles. The standard InChI is InChI=1S/C17H18O/c1-13-5-4-6-14(9-13)7-8-15-10-16(18)12-17(2,3)11-15/h4-6,9-10H,11-12H2,1-3H3. The second-order valence-electron chi connectivity index (χ2n) is 5.77. The van der Waals surface area contributed by atoms with Gasteiger partial charge in [0.2, 0.25) is 0 Å². The fourth-order valence-electron chi connectivity index (χ4n) is 2.30. The molecule has 18 heavy (non-hydrogen) atoms. The molecule has 1 aliphatic rings. The van der Waals surface area contributed by atoms with E-state index in [0.29, 0.717) is 6.42 Å². The van der Waals surface area contributed by atoms with Crippen molar-refractivity contribution in [3.05, 3.63) is 47.0 Å². The van der Waals surface area contributed by atoms with Gasteiger partial charge in [0.05, 0.1) is 0 Å². The molecule has 0 N–H and O–H groups in total. The topological polar surface area (TPSA) is 17.1 Å². The molecular formula is C17H18O. The van der Waals surface area contributed by atoms with Gasteiger partial charge in [0.1, 0.15) is 0 Å². The molecule has 0 saturated carbocycles. The Morgan fingerprint density at radius 2 is 1.94 bits per heavy atom. The lowest BCUT2D eigenvalue weighted by atomic mass is 9.77. The second kappa shape index (κ2) is 4.82. The molecular weight excluding hydrogens is 220 g/mol. The summed E-state index contributed by atoms with van der Waals surface area (Å²) in [5.74, 6) is 6.48. The summed E-state index contributed by atoms with van der Waals surface area (Å²) in [5, 5.41) is 0. The van der Waals surface area contributed by atoms with Crippen molar-refractivity contribution >= 4 is 5.78 Å². The van der Waals surface area contributed by atoms with Crippen LogP contribution in [0, 0.1) is 24.2 Å². The first-order chi connectivity index (χ1) is 8.44. The van der Waals surface area contributed by atoms with Crippen molar-refractivity contribution in [1.82, 2.24) is 0 Å². The van der Waals surface area contributed by atoms with Crippen LogP contribution in [-0.2, 0) is 4.79 Å². The third-order valence-corrected chi connectivity index (χ3v) is 3.04. The summed E-state index contributed by atoms with van der Waals surface area (Å²) in [6.45, 7) is 6.29. The molecule has 2 rings (SSSR count). The molecule has 92 valence electrons. The van der Waals surface area contributed by atoms with Crippen LogP contribution < -0.4 is 0 Å². The van der Waals surface area contributed by atoms with Crippen LogP contribution in [0.25, 0.3) is 0 Å². The molecule has 0 saturated heterocycles. The Hall–Kier alpha value is -1.81. The minimum Gasteiger partial charge on any atom is -0.295 e. The maximum atomic E-state index is 11.6. The van der Waals surface area contributed by atoms with E-state index in [2.05, 4.69) is 44.7 Å². The molecule has 1 heteroatoms. The van der Waals surface area contributed by atoms with E-state index in [1.165, 1.54) is 5.56 Å². The first-order valence-corrected chi connectivity index (χ1v) is 6.27. The number of carbonyl (C=O) groups excluding carboxylic acids is 1. The highest BCUT2D eigenvalue weighted by Crippen LogP contribution is 2.33. The third kappa shape index (κ3) is 3.34. The molecule has 0 atom stereocenters. The molecule has 1 aromatic carbocycles. The number of rotatable bonds is 0. The Labute approximate surface area is 109 Å². The van der Waals surface area contributed by atoms with Gasteiger partial charge in [-0.15, -0.1) is 0 Å². The van der Waals surface area contributed by atoms with Crippen LogP contribution in [0.15, 0.2) is 35.9 Å². The van der Waals surface area contributed by atoms with Crippen LogP contribution in [0.1, 0.15) is 37.8 Å². The molecule has 1 aliphatic carbocycles. The molecule has 1 nitrogen and oxygen atoms in total. The summed E-state index contributed by atoms with van der Waals surface area (Å²) in [6, 6.07) is 8.11. The van der Waals surface area contributed by atoms with Gasteiger partial charge in [-0.3, -0.25) is 4.79 Å². The Kier molecular flexibility index (Phi) is 3.39. The van der Waals surface area contributed by atoms with Crippen molar-refractivity contribution in [1.29, 1.82) is 0 Å². The van der Waals surface area contributed by atoms with Crippen LogP contribution in [0.5, 0.6) is 0 Å². The highest BCUT2D eigenvalue weighted by Gasteiger charge is 2.26. The summed E-state index contributed by atoms with van der Waals surface area (Å²) in [7, 11) is 0. The first kappa shape index (κ1) is 12.6. The van der Waals surface area contributed by atoms with Gasteiger partial charge >= 0.3 is 0 Å². The van der Waals surface area contributed by atoms with Crippen molar-refractivity contribution in [2.45, 2.75) is 33.6 Å². The number of benzene rings is 1. The van der Waals surface area contributed by atoms with E-state index in [9.17, 15) is 4.79 Å². The number of allylic oxidation sites excluding steroid dienone is 2. The molecule has 0 amide bonds. The predicted molar refractivity (Wildman–Crippen MR) is 74.2 cm³/mol. The van der Waals surface area contributed by atoms with E-state index in [1.54, 1.807) is 6.08 Å². The quantitative estimate of drug-likeness (QED) is 0.630. The smallest absolute Gasteiger partial charge is 0.157 e. The van der Waals surface area contributed by atoms with Crippen molar-refractivity contribution in [3.63, 3.8) is 0 Å². The molecule has 0 unspecified atom stereocenters. The zero-order chi connectivity index (χ0) is 13.2. The van der Waals surface area contributed by atoms with Crippen molar-refractivity contribution in [2.75, 3.05) is 0 Å². The number of ketones is 1. The third-order valence-electron chi connectivity index (χ3n) is 3.04. The van der Waals surface area contributed by atoms with Gasteiger partial charge in [0.15, 0.2) is 5.78 Å². The minimum absolute atomic E-state index is 0.0441. The van der Waals surface area contributed by atoms with Crippen LogP contribution in [0.3, 0.4) is 0 Å². The van der Waals surface area contributed by atoms with Crippen LogP contribution in [0.2, 0.25) is 0 Å². The highest BCUT2D eigenvalue weighted by atomic mass is 16.1. The van der Waals surface area contributed by atoms with E-state index in [4.69, 9.17) is 0 Å². The molecule has 0 bridgehead atoms. The molecule has 0 heterocycles. The Balaban J connectivity index is 2.23. The average Bonchev–Trinajstić information content (AvgIpc) is 2.24. The summed E-state index contributed by atoms with van der Waals surface area (Å²) in [4.78, 5) is 11.6. The average molecular weight is 238 g/mol. The molecule has 0 fully saturated rings. The maximum Gasteiger partial charge on any atom is 0.157 e. The van der Waals surface area contributed by atoms with E-state index in [1.807, 2.05) is 12.1 Å². The monoisotopic (exact) mass is 238 g/mol.